The van der Waals surface area contributed by atoms with Crippen LogP contribution in [-0.4, -0.2) is 11.9 Å². The topological polar surface area (TPSA) is 38.4 Å². The largest absolute Gasteiger partial charge is 0.387 e. The van der Waals surface area contributed by atoms with Crippen molar-refractivity contribution >= 4 is 5.84 Å². The van der Waals surface area contributed by atoms with Gasteiger partial charge in [0.05, 0.1) is 11.9 Å². The number of rotatable bonds is 3. The average Bonchev–Trinajstić information content (AvgIpc) is 2.37. The Bertz CT molecular complexity index is 155. The predicted molar refractivity (Wildman–Crippen MR) is 53.3 cm³/mol. The molecule has 2 heteroatoms. The van der Waals surface area contributed by atoms with Crippen molar-refractivity contribution in [3.8, 4) is 0 Å². The molecule has 1 rings (SSSR count). The summed E-state index contributed by atoms with van der Waals surface area (Å²) in [6.07, 6.45) is 6.13. The Morgan fingerprint density at radius 3 is 2.50 bits per heavy atom. The molecule has 0 aromatic carbocycles. The number of hydrogen-bond donors (Lipinski definition) is 1. The van der Waals surface area contributed by atoms with Gasteiger partial charge in [0.2, 0.25) is 0 Å². The van der Waals surface area contributed by atoms with Crippen molar-refractivity contribution in [1.82, 2.24) is 0 Å². The second-order valence-corrected chi connectivity index (χ2v) is 4.16. The molecule has 1 aliphatic rings. The summed E-state index contributed by atoms with van der Waals surface area (Å²) in [5.41, 5.74) is 5.80. The van der Waals surface area contributed by atoms with Gasteiger partial charge >= 0.3 is 0 Å². The number of aliphatic imine (C=N–C) groups is 1. The SMILES string of the molecule is CC(C)CC(N)=NC1CCCC1. The lowest BCUT2D eigenvalue weighted by Gasteiger charge is -2.07. The van der Waals surface area contributed by atoms with Crippen LogP contribution in [0.5, 0.6) is 0 Å². The maximum Gasteiger partial charge on any atom is 0.0943 e. The highest BCUT2D eigenvalue weighted by molar-refractivity contribution is 5.80. The molecule has 70 valence electrons. The minimum absolute atomic E-state index is 0.545. The molecule has 0 atom stereocenters. The highest BCUT2D eigenvalue weighted by atomic mass is 14.9. The molecule has 0 bridgehead atoms. The van der Waals surface area contributed by atoms with Crippen LogP contribution in [0.4, 0.5) is 0 Å². The van der Waals surface area contributed by atoms with Crippen LogP contribution in [-0.2, 0) is 0 Å². The van der Waals surface area contributed by atoms with Crippen molar-refractivity contribution < 1.29 is 0 Å². The lowest BCUT2D eigenvalue weighted by atomic mass is 10.1. The van der Waals surface area contributed by atoms with Gasteiger partial charge in [-0.2, -0.15) is 0 Å². The number of hydrogen-bond acceptors (Lipinski definition) is 1. The fraction of sp³-hybridized carbons (Fsp3) is 0.900. The van der Waals surface area contributed by atoms with Crippen molar-refractivity contribution in [2.24, 2.45) is 16.6 Å². The molecule has 0 heterocycles. The Balaban J connectivity index is 2.33. The van der Waals surface area contributed by atoms with Crippen molar-refractivity contribution in [1.29, 1.82) is 0 Å². The molecule has 2 nitrogen and oxygen atoms in total. The summed E-state index contributed by atoms with van der Waals surface area (Å²) >= 11 is 0. The quantitative estimate of drug-likeness (QED) is 0.510. The van der Waals surface area contributed by atoms with E-state index in [-0.39, 0.29) is 0 Å². The van der Waals surface area contributed by atoms with Crippen LogP contribution >= 0.6 is 0 Å². The fourth-order valence-electron chi connectivity index (χ4n) is 1.74. The van der Waals surface area contributed by atoms with E-state index in [9.17, 15) is 0 Å². The third kappa shape index (κ3) is 3.24. The van der Waals surface area contributed by atoms with Crippen LogP contribution in [0, 0.1) is 5.92 Å². The molecule has 0 aromatic rings. The normalized spacial score (nSPS) is 20.8. The summed E-state index contributed by atoms with van der Waals surface area (Å²) in [6, 6.07) is 0.545. The minimum Gasteiger partial charge on any atom is -0.387 e. The first-order valence-corrected chi connectivity index (χ1v) is 5.00. The molecule has 0 aliphatic heterocycles. The Kier molecular flexibility index (Phi) is 3.57. The summed E-state index contributed by atoms with van der Waals surface area (Å²) in [5, 5.41) is 0. The molecule has 0 radical (unpaired) electrons. The fourth-order valence-corrected chi connectivity index (χ4v) is 1.74. The van der Waals surface area contributed by atoms with Gasteiger partial charge in [-0.15, -0.1) is 0 Å². The third-order valence-corrected chi connectivity index (χ3v) is 2.29. The number of nitrogens with two attached hydrogens (primary N) is 1. The van der Waals surface area contributed by atoms with E-state index < -0.39 is 0 Å². The van der Waals surface area contributed by atoms with Gasteiger partial charge in [0.25, 0.3) is 0 Å². The van der Waals surface area contributed by atoms with Crippen LogP contribution in [0.3, 0.4) is 0 Å². The van der Waals surface area contributed by atoms with E-state index in [1.54, 1.807) is 0 Å². The van der Waals surface area contributed by atoms with Gasteiger partial charge in [0, 0.05) is 6.42 Å². The van der Waals surface area contributed by atoms with Gasteiger partial charge in [-0.3, -0.25) is 4.99 Å². The molecular weight excluding hydrogens is 148 g/mol. The van der Waals surface area contributed by atoms with E-state index in [1.807, 2.05) is 0 Å². The molecule has 0 unspecified atom stereocenters. The average molecular weight is 168 g/mol. The van der Waals surface area contributed by atoms with E-state index in [4.69, 9.17) is 5.73 Å². The van der Waals surface area contributed by atoms with Crippen LogP contribution in [0.1, 0.15) is 46.0 Å². The van der Waals surface area contributed by atoms with Crippen molar-refractivity contribution in [2.75, 3.05) is 0 Å². The molecule has 1 fully saturated rings. The zero-order chi connectivity index (χ0) is 8.97. The van der Waals surface area contributed by atoms with Crippen molar-refractivity contribution in [2.45, 2.75) is 52.0 Å². The summed E-state index contributed by atoms with van der Waals surface area (Å²) < 4.78 is 0. The minimum atomic E-state index is 0.545. The Hall–Kier alpha value is -0.530. The van der Waals surface area contributed by atoms with Gasteiger partial charge in [-0.1, -0.05) is 26.7 Å². The second kappa shape index (κ2) is 4.48. The molecule has 12 heavy (non-hydrogen) atoms. The molecule has 0 saturated heterocycles. The summed E-state index contributed by atoms with van der Waals surface area (Å²) in [5.74, 6) is 1.49. The summed E-state index contributed by atoms with van der Waals surface area (Å²) in [7, 11) is 0. The van der Waals surface area contributed by atoms with Gasteiger partial charge in [0.1, 0.15) is 0 Å². The van der Waals surface area contributed by atoms with Crippen LogP contribution in [0.15, 0.2) is 4.99 Å². The lowest BCUT2D eigenvalue weighted by Crippen LogP contribution is -2.17. The Labute approximate surface area is 75.3 Å². The van der Waals surface area contributed by atoms with Crippen LogP contribution in [0.25, 0.3) is 0 Å². The molecule has 1 aliphatic carbocycles. The van der Waals surface area contributed by atoms with E-state index >= 15 is 0 Å². The first-order valence-electron chi connectivity index (χ1n) is 5.00. The summed E-state index contributed by atoms with van der Waals surface area (Å²) in [6.45, 7) is 4.36. The highest BCUT2D eigenvalue weighted by Crippen LogP contribution is 2.21. The van der Waals surface area contributed by atoms with E-state index in [0.717, 1.165) is 12.3 Å². The molecular formula is C10H20N2. The van der Waals surface area contributed by atoms with Gasteiger partial charge < -0.3 is 5.73 Å². The Morgan fingerprint density at radius 1 is 1.42 bits per heavy atom. The zero-order valence-electron chi connectivity index (χ0n) is 8.21. The maximum absolute atomic E-state index is 5.80. The van der Waals surface area contributed by atoms with E-state index in [2.05, 4.69) is 18.8 Å². The smallest absolute Gasteiger partial charge is 0.0943 e. The second-order valence-electron chi connectivity index (χ2n) is 4.16. The number of amidine groups is 1. The van der Waals surface area contributed by atoms with Crippen LogP contribution in [0.2, 0.25) is 0 Å². The van der Waals surface area contributed by atoms with E-state index in [1.165, 1.54) is 25.7 Å². The van der Waals surface area contributed by atoms with Crippen LogP contribution < -0.4 is 5.73 Å². The molecule has 1 saturated carbocycles. The van der Waals surface area contributed by atoms with Crippen molar-refractivity contribution in [3.05, 3.63) is 0 Å². The summed E-state index contributed by atoms with van der Waals surface area (Å²) in [4.78, 5) is 4.51. The number of nitrogens with zero attached hydrogens (tertiary/aromatic N) is 1. The highest BCUT2D eigenvalue weighted by Gasteiger charge is 2.13. The first kappa shape index (κ1) is 9.56. The predicted octanol–water partition coefficient (Wildman–Crippen LogP) is 2.33. The molecule has 2 N–H and O–H groups in total. The third-order valence-electron chi connectivity index (χ3n) is 2.29. The van der Waals surface area contributed by atoms with E-state index in [0.29, 0.717) is 12.0 Å². The maximum atomic E-state index is 5.80. The lowest BCUT2D eigenvalue weighted by molar-refractivity contribution is 0.659. The first-order chi connectivity index (χ1) is 5.68. The van der Waals surface area contributed by atoms with Crippen molar-refractivity contribution in [3.63, 3.8) is 0 Å². The standard InChI is InChI=1S/C10H20N2/c1-8(2)7-10(11)12-9-5-3-4-6-9/h8-9H,3-7H2,1-2H3,(H2,11,12). The zero-order valence-corrected chi connectivity index (χ0v) is 8.21. The molecule has 0 spiro atoms. The molecule has 0 amide bonds. The van der Waals surface area contributed by atoms with Gasteiger partial charge in [0.15, 0.2) is 0 Å². The molecule has 0 aromatic heterocycles. The van der Waals surface area contributed by atoms with Gasteiger partial charge in [-0.25, -0.2) is 0 Å². The monoisotopic (exact) mass is 168 g/mol. The van der Waals surface area contributed by atoms with Gasteiger partial charge in [-0.05, 0) is 18.8 Å². The Morgan fingerprint density at radius 2 is 2.00 bits per heavy atom.